The number of rotatable bonds is 1. The van der Waals surface area contributed by atoms with Crippen molar-refractivity contribution >= 4 is 5.91 Å². The van der Waals surface area contributed by atoms with E-state index in [1.54, 1.807) is 6.92 Å². The van der Waals surface area contributed by atoms with E-state index in [4.69, 9.17) is 4.74 Å². The predicted molar refractivity (Wildman–Crippen MR) is 41.7 cm³/mol. The summed E-state index contributed by atoms with van der Waals surface area (Å²) in [5.74, 6) is 0.160. The van der Waals surface area contributed by atoms with Gasteiger partial charge in [0, 0.05) is 20.0 Å². The van der Waals surface area contributed by atoms with Crippen molar-refractivity contribution in [2.75, 3.05) is 13.1 Å². The molecule has 0 atom stereocenters. The first-order chi connectivity index (χ1) is 5.24. The van der Waals surface area contributed by atoms with Gasteiger partial charge in [-0.05, 0) is 12.8 Å². The molecule has 63 valence electrons. The molecule has 1 amide bonds. The first-order valence-corrected chi connectivity index (χ1v) is 3.90. The molecule has 1 radical (unpaired) electrons. The van der Waals surface area contributed by atoms with Crippen LogP contribution in [0.25, 0.3) is 0 Å². The third kappa shape index (κ3) is 2.19. The Labute approximate surface area is 67.3 Å². The molecule has 0 aromatic rings. The monoisotopic (exact) mass is 156 g/mol. The van der Waals surface area contributed by atoms with Crippen molar-refractivity contribution < 1.29 is 9.53 Å². The molecular weight excluding hydrogens is 142 g/mol. The number of amides is 1. The number of nitrogens with zero attached hydrogens (tertiary/aromatic N) is 1. The molecule has 0 aromatic heterocycles. The summed E-state index contributed by atoms with van der Waals surface area (Å²) in [6, 6.07) is 0. The number of hydrogen-bond donors (Lipinski definition) is 0. The van der Waals surface area contributed by atoms with Gasteiger partial charge in [-0.1, -0.05) is 0 Å². The summed E-state index contributed by atoms with van der Waals surface area (Å²) < 4.78 is 4.93. The van der Waals surface area contributed by atoms with E-state index in [-0.39, 0.29) is 12.0 Å². The molecule has 0 N–H and O–H groups in total. The van der Waals surface area contributed by atoms with E-state index in [0.29, 0.717) is 0 Å². The minimum absolute atomic E-state index is 0.160. The molecule has 0 saturated carbocycles. The van der Waals surface area contributed by atoms with Crippen LogP contribution in [-0.4, -0.2) is 30.0 Å². The van der Waals surface area contributed by atoms with Crippen molar-refractivity contribution in [3.8, 4) is 0 Å². The quantitative estimate of drug-likeness (QED) is 0.562. The molecule has 0 bridgehead atoms. The molecule has 0 unspecified atom stereocenters. The van der Waals surface area contributed by atoms with Gasteiger partial charge in [-0.25, -0.2) is 0 Å². The minimum atomic E-state index is 0.160. The highest BCUT2D eigenvalue weighted by molar-refractivity contribution is 5.73. The summed E-state index contributed by atoms with van der Waals surface area (Å²) in [6.07, 6.45) is 2.09. The zero-order chi connectivity index (χ0) is 8.27. The standard InChI is InChI=1S/C8H14NO2/c1-7(10)9-5-3-8(11-2)4-6-9/h8H,2-6H2,1H3. The average Bonchev–Trinajstić information content (AvgIpc) is 2.05. The van der Waals surface area contributed by atoms with Crippen molar-refractivity contribution in [3.63, 3.8) is 0 Å². The molecule has 3 nitrogen and oxygen atoms in total. The first kappa shape index (κ1) is 8.53. The van der Waals surface area contributed by atoms with Gasteiger partial charge in [0.2, 0.25) is 5.91 Å². The van der Waals surface area contributed by atoms with Gasteiger partial charge in [0.1, 0.15) is 0 Å². The normalized spacial score (nSPS) is 20.4. The molecule has 0 aliphatic carbocycles. The largest absolute Gasteiger partial charge is 0.376 e. The number of piperidine rings is 1. The molecule has 1 aliphatic rings. The van der Waals surface area contributed by atoms with Gasteiger partial charge in [0.15, 0.2) is 0 Å². The third-order valence-corrected chi connectivity index (χ3v) is 2.12. The second-order valence-corrected chi connectivity index (χ2v) is 2.87. The van der Waals surface area contributed by atoms with Crippen molar-refractivity contribution in [2.24, 2.45) is 0 Å². The maximum Gasteiger partial charge on any atom is 0.219 e. The molecule has 0 aromatic carbocycles. The summed E-state index contributed by atoms with van der Waals surface area (Å²) >= 11 is 0. The van der Waals surface area contributed by atoms with Crippen molar-refractivity contribution in [2.45, 2.75) is 25.9 Å². The van der Waals surface area contributed by atoms with Crippen molar-refractivity contribution in [1.29, 1.82) is 0 Å². The Balaban J connectivity index is 2.30. The van der Waals surface area contributed by atoms with Crippen molar-refractivity contribution in [1.82, 2.24) is 4.90 Å². The van der Waals surface area contributed by atoms with E-state index in [1.807, 2.05) is 4.90 Å². The van der Waals surface area contributed by atoms with Crippen LogP contribution >= 0.6 is 0 Å². The predicted octanol–water partition coefficient (Wildman–Crippen LogP) is 0.805. The van der Waals surface area contributed by atoms with E-state index in [9.17, 15) is 4.79 Å². The van der Waals surface area contributed by atoms with Gasteiger partial charge in [-0.15, -0.1) is 0 Å². The molecule has 1 saturated heterocycles. The molecule has 0 spiro atoms. The molecule has 3 heteroatoms. The van der Waals surface area contributed by atoms with Crippen LogP contribution in [-0.2, 0) is 9.53 Å². The topological polar surface area (TPSA) is 29.5 Å². The van der Waals surface area contributed by atoms with Gasteiger partial charge in [0.25, 0.3) is 0 Å². The summed E-state index contributed by atoms with van der Waals surface area (Å²) in [5.41, 5.74) is 0. The first-order valence-electron chi connectivity index (χ1n) is 3.90. The lowest BCUT2D eigenvalue weighted by Crippen LogP contribution is -2.39. The molecule has 1 aliphatic heterocycles. The van der Waals surface area contributed by atoms with E-state index in [0.717, 1.165) is 25.9 Å². The van der Waals surface area contributed by atoms with Crippen LogP contribution in [0.15, 0.2) is 0 Å². The van der Waals surface area contributed by atoms with Gasteiger partial charge in [-0.2, -0.15) is 0 Å². The lowest BCUT2D eigenvalue weighted by atomic mass is 10.1. The fourth-order valence-corrected chi connectivity index (χ4v) is 1.34. The van der Waals surface area contributed by atoms with Gasteiger partial charge in [0.05, 0.1) is 13.2 Å². The van der Waals surface area contributed by atoms with Crippen LogP contribution in [0.5, 0.6) is 0 Å². The number of ether oxygens (including phenoxy) is 1. The van der Waals surface area contributed by atoms with Crippen LogP contribution in [0.2, 0.25) is 0 Å². The summed E-state index contributed by atoms with van der Waals surface area (Å²) in [6.45, 7) is 3.23. The zero-order valence-electron chi connectivity index (χ0n) is 6.88. The Bertz CT molecular complexity index is 139. The molecular formula is C8H14NO2. The van der Waals surface area contributed by atoms with Gasteiger partial charge < -0.3 is 9.64 Å². The minimum Gasteiger partial charge on any atom is -0.376 e. The fraction of sp³-hybridized carbons (Fsp3) is 0.750. The zero-order valence-corrected chi connectivity index (χ0v) is 6.88. The lowest BCUT2D eigenvalue weighted by Gasteiger charge is -2.30. The Morgan fingerprint density at radius 1 is 1.55 bits per heavy atom. The van der Waals surface area contributed by atoms with E-state index in [2.05, 4.69) is 7.11 Å². The molecule has 11 heavy (non-hydrogen) atoms. The van der Waals surface area contributed by atoms with Crippen LogP contribution in [0.1, 0.15) is 19.8 Å². The van der Waals surface area contributed by atoms with Crippen LogP contribution in [0.3, 0.4) is 0 Å². The fourth-order valence-electron chi connectivity index (χ4n) is 1.34. The van der Waals surface area contributed by atoms with Gasteiger partial charge in [-0.3, -0.25) is 4.79 Å². The molecule has 1 rings (SSSR count). The summed E-state index contributed by atoms with van der Waals surface area (Å²) in [5, 5.41) is 0. The Morgan fingerprint density at radius 3 is 2.45 bits per heavy atom. The second-order valence-electron chi connectivity index (χ2n) is 2.87. The SMILES string of the molecule is [CH2]OC1CCN(C(C)=O)CC1. The smallest absolute Gasteiger partial charge is 0.219 e. The highest BCUT2D eigenvalue weighted by Crippen LogP contribution is 2.12. The number of carbonyl (C=O) groups is 1. The Hall–Kier alpha value is -0.570. The maximum atomic E-state index is 10.9. The number of hydrogen-bond acceptors (Lipinski definition) is 2. The average molecular weight is 156 g/mol. The van der Waals surface area contributed by atoms with Crippen LogP contribution < -0.4 is 0 Å². The Kier molecular flexibility index (Phi) is 2.88. The second kappa shape index (κ2) is 3.72. The van der Waals surface area contributed by atoms with Gasteiger partial charge >= 0.3 is 0 Å². The number of likely N-dealkylation sites (tertiary alicyclic amines) is 1. The van der Waals surface area contributed by atoms with Crippen molar-refractivity contribution in [3.05, 3.63) is 7.11 Å². The van der Waals surface area contributed by atoms with E-state index < -0.39 is 0 Å². The molecule has 1 heterocycles. The highest BCUT2D eigenvalue weighted by atomic mass is 16.5. The Morgan fingerprint density at radius 2 is 2.09 bits per heavy atom. The van der Waals surface area contributed by atoms with E-state index in [1.165, 1.54) is 0 Å². The summed E-state index contributed by atoms with van der Waals surface area (Å²) in [4.78, 5) is 12.7. The lowest BCUT2D eigenvalue weighted by molar-refractivity contribution is -0.130. The maximum absolute atomic E-state index is 10.9. The highest BCUT2D eigenvalue weighted by Gasteiger charge is 2.19. The third-order valence-electron chi connectivity index (χ3n) is 2.12. The van der Waals surface area contributed by atoms with Crippen LogP contribution in [0.4, 0.5) is 0 Å². The summed E-state index contributed by atoms with van der Waals surface area (Å²) in [7, 11) is 3.38. The molecule has 1 fully saturated rings. The number of carbonyl (C=O) groups excluding carboxylic acids is 1. The van der Waals surface area contributed by atoms with E-state index >= 15 is 0 Å². The van der Waals surface area contributed by atoms with Crippen LogP contribution in [0, 0.1) is 7.11 Å².